The van der Waals surface area contributed by atoms with Gasteiger partial charge in [-0.2, -0.15) is 0 Å². The fourth-order valence-corrected chi connectivity index (χ4v) is 1.80. The molecule has 73 valence electrons. The molecule has 4 nitrogen and oxygen atoms in total. The van der Waals surface area contributed by atoms with Gasteiger partial charge in [-0.05, 0) is 31.6 Å². The summed E-state index contributed by atoms with van der Waals surface area (Å²) >= 11 is 0. The fraction of sp³-hybridized carbons (Fsp3) is 0.667. The maximum atomic E-state index is 10.7. The zero-order valence-corrected chi connectivity index (χ0v) is 7.27. The molecule has 0 aromatic heterocycles. The van der Waals surface area contributed by atoms with E-state index in [0.717, 1.165) is 6.42 Å². The number of rotatable bonds is 3. The van der Waals surface area contributed by atoms with Gasteiger partial charge in [0.15, 0.2) is 0 Å². The molecule has 0 aliphatic heterocycles. The summed E-state index contributed by atoms with van der Waals surface area (Å²) in [5.41, 5.74) is 0. The minimum atomic E-state index is -0.911. The Labute approximate surface area is 76.6 Å². The number of hydrogen-bond donors (Lipinski definition) is 2. The topological polar surface area (TPSA) is 74.6 Å². The van der Waals surface area contributed by atoms with E-state index in [4.69, 9.17) is 10.2 Å². The molecule has 1 fully saturated rings. The van der Waals surface area contributed by atoms with Crippen molar-refractivity contribution in [2.75, 3.05) is 0 Å². The van der Waals surface area contributed by atoms with E-state index in [1.54, 1.807) is 0 Å². The SMILES string of the molecule is O=C(O)CC1C[CH]CCC1C(=O)O. The lowest BCUT2D eigenvalue weighted by molar-refractivity contribution is -0.146. The lowest BCUT2D eigenvalue weighted by Gasteiger charge is -2.26. The van der Waals surface area contributed by atoms with Crippen molar-refractivity contribution in [3.8, 4) is 0 Å². The smallest absolute Gasteiger partial charge is 0.306 e. The van der Waals surface area contributed by atoms with E-state index in [9.17, 15) is 9.59 Å². The third-order valence-corrected chi connectivity index (χ3v) is 2.47. The van der Waals surface area contributed by atoms with E-state index >= 15 is 0 Å². The highest BCUT2D eigenvalue weighted by Crippen LogP contribution is 2.31. The molecule has 4 heteroatoms. The monoisotopic (exact) mass is 185 g/mol. The van der Waals surface area contributed by atoms with Crippen LogP contribution in [-0.2, 0) is 9.59 Å². The summed E-state index contributed by atoms with van der Waals surface area (Å²) in [5.74, 6) is -2.46. The molecule has 0 aromatic carbocycles. The Hall–Kier alpha value is -1.06. The van der Waals surface area contributed by atoms with Gasteiger partial charge in [-0.3, -0.25) is 9.59 Å². The van der Waals surface area contributed by atoms with Gasteiger partial charge in [0.2, 0.25) is 0 Å². The van der Waals surface area contributed by atoms with Gasteiger partial charge in [0.05, 0.1) is 5.92 Å². The first-order chi connectivity index (χ1) is 6.11. The van der Waals surface area contributed by atoms with Gasteiger partial charge in [0, 0.05) is 6.42 Å². The quantitative estimate of drug-likeness (QED) is 0.692. The zero-order chi connectivity index (χ0) is 9.84. The maximum absolute atomic E-state index is 10.7. The summed E-state index contributed by atoms with van der Waals surface area (Å²) in [5, 5.41) is 17.4. The third kappa shape index (κ3) is 2.72. The Bertz CT molecular complexity index is 212. The van der Waals surface area contributed by atoms with Crippen LogP contribution in [0.25, 0.3) is 0 Å². The van der Waals surface area contributed by atoms with Crippen LogP contribution in [0.3, 0.4) is 0 Å². The lowest BCUT2D eigenvalue weighted by atomic mass is 9.77. The fourth-order valence-electron chi connectivity index (χ4n) is 1.80. The second-order valence-electron chi connectivity index (χ2n) is 3.40. The molecule has 2 unspecified atom stereocenters. The molecule has 1 radical (unpaired) electrons. The van der Waals surface area contributed by atoms with Crippen LogP contribution in [0.1, 0.15) is 25.7 Å². The van der Waals surface area contributed by atoms with Crippen molar-refractivity contribution < 1.29 is 19.8 Å². The molecule has 0 saturated heterocycles. The molecule has 13 heavy (non-hydrogen) atoms. The van der Waals surface area contributed by atoms with Crippen molar-refractivity contribution in [1.29, 1.82) is 0 Å². The molecule has 1 aliphatic rings. The summed E-state index contributed by atoms with van der Waals surface area (Å²) < 4.78 is 0. The van der Waals surface area contributed by atoms with Crippen LogP contribution in [0.2, 0.25) is 0 Å². The largest absolute Gasteiger partial charge is 0.481 e. The van der Waals surface area contributed by atoms with Crippen molar-refractivity contribution in [2.24, 2.45) is 11.8 Å². The van der Waals surface area contributed by atoms with Crippen molar-refractivity contribution in [2.45, 2.75) is 25.7 Å². The predicted molar refractivity (Wildman–Crippen MR) is 45.0 cm³/mol. The Kier molecular flexibility index (Phi) is 3.28. The molecule has 1 aliphatic carbocycles. The highest BCUT2D eigenvalue weighted by atomic mass is 16.4. The molecule has 2 atom stereocenters. The molecular formula is C9H13O4. The van der Waals surface area contributed by atoms with Gasteiger partial charge in [-0.15, -0.1) is 0 Å². The number of hydrogen-bond acceptors (Lipinski definition) is 2. The minimum Gasteiger partial charge on any atom is -0.481 e. The van der Waals surface area contributed by atoms with Crippen LogP contribution in [-0.4, -0.2) is 22.2 Å². The van der Waals surface area contributed by atoms with E-state index in [1.807, 2.05) is 6.42 Å². The summed E-state index contributed by atoms with van der Waals surface area (Å²) in [6.07, 6.45) is 3.92. The normalized spacial score (nSPS) is 28.3. The Balaban J connectivity index is 2.56. The Morgan fingerprint density at radius 3 is 2.62 bits per heavy atom. The van der Waals surface area contributed by atoms with Crippen LogP contribution in [0.15, 0.2) is 0 Å². The molecule has 2 N–H and O–H groups in total. The van der Waals surface area contributed by atoms with Gasteiger partial charge in [0.1, 0.15) is 0 Å². The minimum absolute atomic E-state index is 0.0343. The standard InChI is InChI=1S/C9H13O4/c10-8(11)5-6-3-1-2-4-7(6)9(12)13/h1,6-7H,2-5H2,(H,10,11)(H,12,13). The highest BCUT2D eigenvalue weighted by Gasteiger charge is 2.31. The average molecular weight is 185 g/mol. The van der Waals surface area contributed by atoms with Crippen molar-refractivity contribution in [3.05, 3.63) is 6.42 Å². The third-order valence-electron chi connectivity index (χ3n) is 2.47. The van der Waals surface area contributed by atoms with E-state index < -0.39 is 17.9 Å². The van der Waals surface area contributed by atoms with Gasteiger partial charge >= 0.3 is 11.9 Å². The second kappa shape index (κ2) is 4.25. The molecule has 0 aromatic rings. The first kappa shape index (κ1) is 10.0. The number of carboxylic acids is 2. The molecule has 0 bridgehead atoms. The maximum Gasteiger partial charge on any atom is 0.306 e. The van der Waals surface area contributed by atoms with Crippen LogP contribution >= 0.6 is 0 Å². The van der Waals surface area contributed by atoms with Crippen molar-refractivity contribution >= 4 is 11.9 Å². The van der Waals surface area contributed by atoms with Crippen LogP contribution in [0.4, 0.5) is 0 Å². The molecule has 0 amide bonds. The average Bonchev–Trinajstić information content (AvgIpc) is 2.03. The van der Waals surface area contributed by atoms with Gasteiger partial charge in [-0.1, -0.05) is 0 Å². The van der Waals surface area contributed by atoms with Gasteiger partial charge in [0.25, 0.3) is 0 Å². The second-order valence-corrected chi connectivity index (χ2v) is 3.40. The van der Waals surface area contributed by atoms with E-state index in [1.165, 1.54) is 0 Å². The van der Waals surface area contributed by atoms with Crippen LogP contribution in [0, 0.1) is 18.3 Å². The number of aliphatic carboxylic acids is 2. The van der Waals surface area contributed by atoms with E-state index in [0.29, 0.717) is 12.8 Å². The first-order valence-electron chi connectivity index (χ1n) is 4.37. The van der Waals surface area contributed by atoms with E-state index in [-0.39, 0.29) is 12.3 Å². The Morgan fingerprint density at radius 2 is 2.08 bits per heavy atom. The van der Waals surface area contributed by atoms with Crippen LogP contribution in [0.5, 0.6) is 0 Å². The molecule has 1 rings (SSSR count). The van der Waals surface area contributed by atoms with Gasteiger partial charge < -0.3 is 10.2 Å². The van der Waals surface area contributed by atoms with Gasteiger partial charge in [-0.25, -0.2) is 0 Å². The summed E-state index contributed by atoms with van der Waals surface area (Å²) in [7, 11) is 0. The summed E-state index contributed by atoms with van der Waals surface area (Å²) in [6, 6.07) is 0. The zero-order valence-electron chi connectivity index (χ0n) is 7.27. The van der Waals surface area contributed by atoms with Crippen molar-refractivity contribution in [1.82, 2.24) is 0 Å². The molecule has 0 spiro atoms. The highest BCUT2D eigenvalue weighted by molar-refractivity contribution is 5.73. The Morgan fingerprint density at radius 1 is 1.38 bits per heavy atom. The lowest BCUT2D eigenvalue weighted by Crippen LogP contribution is -2.28. The number of carboxylic acid groups (broad SMARTS) is 2. The summed E-state index contributed by atoms with van der Waals surface area (Å²) in [6.45, 7) is 0. The molecule has 0 heterocycles. The summed E-state index contributed by atoms with van der Waals surface area (Å²) in [4.78, 5) is 21.2. The van der Waals surface area contributed by atoms with E-state index in [2.05, 4.69) is 0 Å². The number of carbonyl (C=O) groups is 2. The molecular weight excluding hydrogens is 172 g/mol. The molecule has 1 saturated carbocycles. The predicted octanol–water partition coefficient (Wildman–Crippen LogP) is 1.17. The van der Waals surface area contributed by atoms with Crippen LogP contribution < -0.4 is 0 Å². The first-order valence-corrected chi connectivity index (χ1v) is 4.37. The van der Waals surface area contributed by atoms with Crippen molar-refractivity contribution in [3.63, 3.8) is 0 Å².